The average Bonchev–Trinajstić information content (AvgIpc) is 2.78. The Kier molecular flexibility index (Phi) is 8.67. The lowest BCUT2D eigenvalue weighted by molar-refractivity contribution is -0.384. The number of benzene rings is 2. The van der Waals surface area contributed by atoms with Crippen molar-refractivity contribution in [3.05, 3.63) is 75.5 Å². The average molecular weight is 455 g/mol. The van der Waals surface area contributed by atoms with Gasteiger partial charge in [0.15, 0.2) is 0 Å². The number of non-ortho nitro benzene ring substituents is 1. The molecule has 0 fully saturated rings. The molecule has 2 rings (SSSR count). The maximum Gasteiger partial charge on any atom is 0.326 e. The first kappa shape index (κ1) is 25.1. The van der Waals surface area contributed by atoms with E-state index in [0.717, 1.165) is 0 Å². The van der Waals surface area contributed by atoms with Gasteiger partial charge in [-0.25, -0.2) is 4.79 Å². The Hall–Kier alpha value is -4.21. The molecular weight excluding hydrogens is 430 g/mol. The molecule has 2 aromatic carbocycles. The van der Waals surface area contributed by atoms with Gasteiger partial charge in [-0.15, -0.1) is 0 Å². The number of carbonyl (C=O) groups is 3. The van der Waals surface area contributed by atoms with Gasteiger partial charge in [-0.2, -0.15) is 0 Å². The quantitative estimate of drug-likeness (QED) is 0.283. The molecule has 10 heteroatoms. The summed E-state index contributed by atoms with van der Waals surface area (Å²) in [5.74, 6) is -2.06. The lowest BCUT2D eigenvalue weighted by atomic mass is 10.0. The number of carboxylic acid groups (broad SMARTS) is 1. The molecule has 10 nitrogen and oxygen atoms in total. The van der Waals surface area contributed by atoms with Gasteiger partial charge in [-0.1, -0.05) is 13.8 Å². The van der Waals surface area contributed by atoms with Crippen molar-refractivity contribution in [1.29, 1.82) is 0 Å². The van der Waals surface area contributed by atoms with Crippen molar-refractivity contribution in [2.45, 2.75) is 26.3 Å². The lowest BCUT2D eigenvalue weighted by Gasteiger charge is -2.18. The molecule has 3 N–H and O–H groups in total. The maximum atomic E-state index is 12.9. The highest BCUT2D eigenvalue weighted by Gasteiger charge is 2.24. The molecule has 33 heavy (non-hydrogen) atoms. The van der Waals surface area contributed by atoms with Crippen molar-refractivity contribution in [3.63, 3.8) is 0 Å². The van der Waals surface area contributed by atoms with Gasteiger partial charge in [-0.3, -0.25) is 19.7 Å². The number of nitro benzene ring substituents is 1. The fourth-order valence-electron chi connectivity index (χ4n) is 2.88. The van der Waals surface area contributed by atoms with Gasteiger partial charge in [0.05, 0.1) is 12.0 Å². The predicted molar refractivity (Wildman–Crippen MR) is 121 cm³/mol. The minimum Gasteiger partial charge on any atom is -0.497 e. The summed E-state index contributed by atoms with van der Waals surface area (Å²) < 4.78 is 5.06. The Morgan fingerprint density at radius 3 is 2.18 bits per heavy atom. The molecule has 0 aromatic heterocycles. The van der Waals surface area contributed by atoms with E-state index >= 15 is 0 Å². The molecule has 1 unspecified atom stereocenters. The van der Waals surface area contributed by atoms with Gasteiger partial charge in [0.25, 0.3) is 17.5 Å². The van der Waals surface area contributed by atoms with Crippen molar-refractivity contribution in [1.82, 2.24) is 10.6 Å². The van der Waals surface area contributed by atoms with Crippen LogP contribution in [0, 0.1) is 16.0 Å². The molecule has 0 saturated carbocycles. The fourth-order valence-corrected chi connectivity index (χ4v) is 2.88. The van der Waals surface area contributed by atoms with Crippen molar-refractivity contribution >= 4 is 29.5 Å². The van der Waals surface area contributed by atoms with Crippen molar-refractivity contribution in [2.75, 3.05) is 7.11 Å². The smallest absolute Gasteiger partial charge is 0.326 e. The zero-order valence-electron chi connectivity index (χ0n) is 18.4. The predicted octanol–water partition coefficient (Wildman–Crippen LogP) is 2.99. The van der Waals surface area contributed by atoms with Crippen molar-refractivity contribution in [3.8, 4) is 5.75 Å². The van der Waals surface area contributed by atoms with Crippen molar-refractivity contribution in [2.24, 2.45) is 5.92 Å². The molecule has 2 aromatic rings. The first-order valence-corrected chi connectivity index (χ1v) is 10.1. The van der Waals surface area contributed by atoms with Crippen LogP contribution in [-0.2, 0) is 9.59 Å². The minimum absolute atomic E-state index is 0.00222. The summed E-state index contributed by atoms with van der Waals surface area (Å²) in [6, 6.07) is 10.4. The largest absolute Gasteiger partial charge is 0.497 e. The van der Waals surface area contributed by atoms with Crippen LogP contribution < -0.4 is 15.4 Å². The fraction of sp³-hybridized carbons (Fsp3) is 0.261. The normalized spacial score (nSPS) is 12.1. The molecular formula is C23H25N3O7. The number of nitro groups is 1. The van der Waals surface area contributed by atoms with E-state index in [-0.39, 0.29) is 29.3 Å². The number of carbonyl (C=O) groups excluding carboxylic acids is 2. The van der Waals surface area contributed by atoms with Crippen LogP contribution in [0.5, 0.6) is 5.75 Å². The van der Waals surface area contributed by atoms with E-state index in [9.17, 15) is 29.6 Å². The molecule has 0 radical (unpaired) electrons. The van der Waals surface area contributed by atoms with E-state index in [2.05, 4.69) is 10.6 Å². The van der Waals surface area contributed by atoms with Gasteiger partial charge in [0, 0.05) is 17.7 Å². The standard InChI is InChI=1S/C23H25N3O7/c1-14(2)12-20(23(29)30)25-22(28)19(13-15-4-8-17(9-5-15)26(31)32)24-21(27)16-6-10-18(33-3)11-7-16/h4-11,13-14,20H,12H2,1-3H3,(H,24,27)(H,25,28)(H,29,30)/b19-13-. The van der Waals surface area contributed by atoms with Crippen LogP contribution in [0.2, 0.25) is 0 Å². The van der Waals surface area contributed by atoms with Gasteiger partial charge in [-0.05, 0) is 60.4 Å². The second kappa shape index (κ2) is 11.4. The van der Waals surface area contributed by atoms with Crippen LogP contribution >= 0.6 is 0 Å². The third kappa shape index (κ3) is 7.46. The summed E-state index contributed by atoms with van der Waals surface area (Å²) in [6.07, 6.45) is 1.51. The van der Waals surface area contributed by atoms with Crippen LogP contribution in [-0.4, -0.2) is 41.0 Å². The van der Waals surface area contributed by atoms with Gasteiger partial charge in [0.2, 0.25) is 0 Å². The molecule has 0 spiro atoms. The van der Waals surface area contributed by atoms with Crippen LogP contribution in [0.25, 0.3) is 6.08 Å². The lowest BCUT2D eigenvalue weighted by Crippen LogP contribution is -2.45. The van der Waals surface area contributed by atoms with Gasteiger partial charge < -0.3 is 20.5 Å². The van der Waals surface area contributed by atoms with Crippen molar-refractivity contribution < 1.29 is 29.2 Å². The minimum atomic E-state index is -1.20. The second-order valence-electron chi connectivity index (χ2n) is 7.58. The molecule has 174 valence electrons. The highest BCUT2D eigenvalue weighted by Crippen LogP contribution is 2.16. The third-order valence-corrected chi connectivity index (χ3v) is 4.57. The summed E-state index contributed by atoms with van der Waals surface area (Å²) in [6.45, 7) is 3.64. The molecule has 0 saturated heterocycles. The molecule has 0 aliphatic rings. The number of amides is 2. The summed E-state index contributed by atoms with van der Waals surface area (Å²) in [4.78, 5) is 47.5. The molecule has 2 amide bonds. The van der Waals surface area contributed by atoms with E-state index in [1.54, 1.807) is 12.1 Å². The molecule has 0 bridgehead atoms. The number of nitrogens with one attached hydrogen (secondary N) is 2. The highest BCUT2D eigenvalue weighted by molar-refractivity contribution is 6.06. The topological polar surface area (TPSA) is 148 Å². The van der Waals surface area contributed by atoms with E-state index in [1.165, 1.54) is 49.6 Å². The Bertz CT molecular complexity index is 1040. The van der Waals surface area contributed by atoms with Gasteiger partial charge in [0.1, 0.15) is 17.5 Å². The molecule has 0 aliphatic heterocycles. The zero-order chi connectivity index (χ0) is 24.5. The van der Waals surface area contributed by atoms with Crippen LogP contribution in [0.15, 0.2) is 54.2 Å². The Morgan fingerprint density at radius 2 is 1.70 bits per heavy atom. The number of rotatable bonds is 10. The number of nitrogens with zero attached hydrogens (tertiary/aromatic N) is 1. The monoisotopic (exact) mass is 455 g/mol. The van der Waals surface area contributed by atoms with E-state index < -0.39 is 28.7 Å². The summed E-state index contributed by atoms with van der Waals surface area (Å²) in [5, 5.41) is 25.2. The maximum absolute atomic E-state index is 12.9. The number of methoxy groups -OCH3 is 1. The molecule has 0 aliphatic carbocycles. The van der Waals surface area contributed by atoms with E-state index in [1.807, 2.05) is 13.8 Å². The SMILES string of the molecule is COc1ccc(C(=O)N/C(=C\c2ccc([N+](=O)[O-])cc2)C(=O)NC(CC(C)C)C(=O)O)cc1. The van der Waals surface area contributed by atoms with E-state index in [4.69, 9.17) is 4.74 Å². The van der Waals surface area contributed by atoms with Gasteiger partial charge >= 0.3 is 5.97 Å². The molecule has 1 atom stereocenters. The van der Waals surface area contributed by atoms with Crippen LogP contribution in [0.4, 0.5) is 5.69 Å². The highest BCUT2D eigenvalue weighted by atomic mass is 16.6. The molecule has 0 heterocycles. The number of ether oxygens (including phenoxy) is 1. The Morgan fingerprint density at radius 1 is 1.09 bits per heavy atom. The first-order chi connectivity index (χ1) is 15.6. The number of aliphatic carboxylic acids is 1. The van der Waals surface area contributed by atoms with Crippen LogP contribution in [0.3, 0.4) is 0 Å². The Labute approximate surface area is 190 Å². The third-order valence-electron chi connectivity index (χ3n) is 4.57. The summed E-state index contributed by atoms with van der Waals surface area (Å²) in [5.41, 5.74) is 0.301. The summed E-state index contributed by atoms with van der Waals surface area (Å²) in [7, 11) is 1.49. The Balaban J connectivity index is 2.34. The number of hydrogen-bond donors (Lipinski definition) is 3. The first-order valence-electron chi connectivity index (χ1n) is 10.1. The summed E-state index contributed by atoms with van der Waals surface area (Å²) >= 11 is 0. The zero-order valence-corrected chi connectivity index (χ0v) is 18.4. The number of hydrogen-bond acceptors (Lipinski definition) is 6. The second-order valence-corrected chi connectivity index (χ2v) is 7.58. The van der Waals surface area contributed by atoms with Crippen LogP contribution in [0.1, 0.15) is 36.2 Å². The number of carboxylic acids is 1. The van der Waals surface area contributed by atoms with E-state index in [0.29, 0.717) is 11.3 Å².